The Bertz CT molecular complexity index is 1040. The minimum atomic E-state index is -3.27. The number of aliphatic hydroxyl groups is 1. The molecule has 0 aliphatic rings. The molecule has 0 spiro atoms. The lowest BCUT2D eigenvalue weighted by Crippen LogP contribution is -2.06. The Morgan fingerprint density at radius 3 is 2.33 bits per heavy atom. The third-order valence-electron chi connectivity index (χ3n) is 4.11. The van der Waals surface area contributed by atoms with E-state index in [0.717, 1.165) is 16.9 Å². The number of aromatic nitrogens is 2. The summed E-state index contributed by atoms with van der Waals surface area (Å²) in [5.74, 6) is -0.0887. The second-order valence-corrected chi connectivity index (χ2v) is 8.27. The van der Waals surface area contributed by atoms with Crippen LogP contribution in [0.5, 0.6) is 0 Å². The van der Waals surface area contributed by atoms with Crippen LogP contribution in [0.15, 0.2) is 65.6 Å². The van der Waals surface area contributed by atoms with Gasteiger partial charge in [0.15, 0.2) is 9.84 Å². The molecule has 0 amide bonds. The molecular weight excluding hydrogens is 364 g/mol. The number of benzene rings is 2. The molecule has 140 valence electrons. The first-order chi connectivity index (χ1) is 12.9. The number of ketones is 1. The van der Waals surface area contributed by atoms with E-state index in [-0.39, 0.29) is 30.1 Å². The quantitative estimate of drug-likeness (QED) is 0.676. The number of para-hydroxylation sites is 1. The number of carbonyl (C=O) groups excluding carboxylic acids is 1. The smallest absolute Gasteiger partial charge is 0.175 e. The Morgan fingerprint density at radius 2 is 1.74 bits per heavy atom. The molecule has 3 rings (SSSR count). The number of hydrogen-bond donors (Lipinski definition) is 1. The molecule has 6 nitrogen and oxygen atoms in total. The SMILES string of the molecule is CS(=O)(=O)c1ccc(-c2cc(CC(=O)CCO)nn2-c2ccccc2)cc1. The highest BCUT2D eigenvalue weighted by molar-refractivity contribution is 7.90. The van der Waals surface area contributed by atoms with Crippen molar-refractivity contribution in [1.82, 2.24) is 9.78 Å². The van der Waals surface area contributed by atoms with Gasteiger partial charge in [-0.25, -0.2) is 13.1 Å². The monoisotopic (exact) mass is 384 g/mol. The van der Waals surface area contributed by atoms with E-state index < -0.39 is 9.84 Å². The van der Waals surface area contributed by atoms with Gasteiger partial charge in [-0.15, -0.1) is 0 Å². The Morgan fingerprint density at radius 1 is 1.07 bits per heavy atom. The van der Waals surface area contributed by atoms with Crippen LogP contribution in [-0.4, -0.2) is 42.0 Å². The van der Waals surface area contributed by atoms with E-state index in [2.05, 4.69) is 5.10 Å². The van der Waals surface area contributed by atoms with E-state index in [0.29, 0.717) is 5.69 Å². The van der Waals surface area contributed by atoms with E-state index in [1.807, 2.05) is 36.4 Å². The van der Waals surface area contributed by atoms with Crippen molar-refractivity contribution < 1.29 is 18.3 Å². The van der Waals surface area contributed by atoms with E-state index in [4.69, 9.17) is 5.11 Å². The van der Waals surface area contributed by atoms with Gasteiger partial charge in [-0.3, -0.25) is 4.79 Å². The number of nitrogens with zero attached hydrogens (tertiary/aromatic N) is 2. The third-order valence-corrected chi connectivity index (χ3v) is 5.24. The fourth-order valence-corrected chi connectivity index (χ4v) is 3.41. The molecule has 0 bridgehead atoms. The molecule has 0 saturated carbocycles. The van der Waals surface area contributed by atoms with Crippen LogP contribution < -0.4 is 0 Å². The lowest BCUT2D eigenvalue weighted by molar-refractivity contribution is -0.119. The predicted molar refractivity (Wildman–Crippen MR) is 103 cm³/mol. The van der Waals surface area contributed by atoms with Gasteiger partial charge in [0, 0.05) is 24.8 Å². The van der Waals surface area contributed by atoms with Crippen molar-refractivity contribution in [2.24, 2.45) is 0 Å². The molecule has 7 heteroatoms. The highest BCUT2D eigenvalue weighted by atomic mass is 32.2. The number of Topliss-reactive ketones (excluding diaryl/α,β-unsaturated/α-hetero) is 1. The second-order valence-electron chi connectivity index (χ2n) is 6.25. The van der Waals surface area contributed by atoms with Crippen molar-refractivity contribution in [3.05, 3.63) is 66.4 Å². The number of carbonyl (C=O) groups is 1. The summed E-state index contributed by atoms with van der Waals surface area (Å²) in [5.41, 5.74) is 2.98. The first kappa shape index (κ1) is 19.0. The molecular formula is C20H20N2O4S. The minimum absolute atomic E-state index is 0.0887. The van der Waals surface area contributed by atoms with E-state index in [1.165, 1.54) is 6.26 Å². The largest absolute Gasteiger partial charge is 0.396 e. The van der Waals surface area contributed by atoms with Gasteiger partial charge in [0.05, 0.1) is 28.4 Å². The summed E-state index contributed by atoms with van der Waals surface area (Å²) in [6.07, 6.45) is 1.40. The van der Waals surface area contributed by atoms with Crippen LogP contribution in [0, 0.1) is 0 Å². The normalized spacial score (nSPS) is 11.5. The molecule has 0 aliphatic heterocycles. The highest BCUT2D eigenvalue weighted by Gasteiger charge is 2.15. The lowest BCUT2D eigenvalue weighted by atomic mass is 10.1. The Balaban J connectivity index is 2.04. The van der Waals surface area contributed by atoms with Crippen LogP contribution in [0.2, 0.25) is 0 Å². The van der Waals surface area contributed by atoms with Crippen LogP contribution in [0.3, 0.4) is 0 Å². The third kappa shape index (κ3) is 4.50. The minimum Gasteiger partial charge on any atom is -0.396 e. The molecule has 2 aromatic carbocycles. The van der Waals surface area contributed by atoms with Crippen LogP contribution in [0.4, 0.5) is 0 Å². The maximum absolute atomic E-state index is 11.9. The van der Waals surface area contributed by atoms with Crippen LogP contribution >= 0.6 is 0 Å². The lowest BCUT2D eigenvalue weighted by Gasteiger charge is -2.08. The molecule has 3 aromatic rings. The molecule has 1 aromatic heterocycles. The van der Waals surface area contributed by atoms with E-state index >= 15 is 0 Å². The maximum Gasteiger partial charge on any atom is 0.175 e. The molecule has 0 fully saturated rings. The number of hydrogen-bond acceptors (Lipinski definition) is 5. The highest BCUT2D eigenvalue weighted by Crippen LogP contribution is 2.26. The second kappa shape index (κ2) is 7.85. The molecule has 1 heterocycles. The number of rotatable bonds is 7. The van der Waals surface area contributed by atoms with Crippen molar-refractivity contribution in [1.29, 1.82) is 0 Å². The van der Waals surface area contributed by atoms with Gasteiger partial charge in [0.2, 0.25) is 0 Å². The van der Waals surface area contributed by atoms with E-state index in [1.54, 1.807) is 28.9 Å². The maximum atomic E-state index is 11.9. The fourth-order valence-electron chi connectivity index (χ4n) is 2.78. The van der Waals surface area contributed by atoms with Crippen LogP contribution in [-0.2, 0) is 21.1 Å². The van der Waals surface area contributed by atoms with Crippen molar-refractivity contribution in [2.45, 2.75) is 17.7 Å². The van der Waals surface area contributed by atoms with Crippen LogP contribution in [0.1, 0.15) is 12.1 Å². The zero-order valence-corrected chi connectivity index (χ0v) is 15.7. The van der Waals surface area contributed by atoms with Gasteiger partial charge < -0.3 is 5.11 Å². The molecule has 0 aliphatic carbocycles. The molecule has 0 saturated heterocycles. The van der Waals surface area contributed by atoms with Crippen molar-refractivity contribution in [2.75, 3.05) is 12.9 Å². The van der Waals surface area contributed by atoms with E-state index in [9.17, 15) is 13.2 Å². The Hall–Kier alpha value is -2.77. The predicted octanol–water partition coefficient (Wildman–Crippen LogP) is 2.44. The van der Waals surface area contributed by atoms with Gasteiger partial charge in [-0.05, 0) is 30.3 Å². The number of aliphatic hydroxyl groups excluding tert-OH is 1. The average molecular weight is 384 g/mol. The summed E-state index contributed by atoms with van der Waals surface area (Å²) in [7, 11) is -3.27. The number of sulfone groups is 1. The fraction of sp³-hybridized carbons (Fsp3) is 0.200. The summed E-state index contributed by atoms with van der Waals surface area (Å²) < 4.78 is 25.1. The van der Waals surface area contributed by atoms with Gasteiger partial charge in [0.1, 0.15) is 5.78 Å². The molecule has 0 radical (unpaired) electrons. The standard InChI is InChI=1S/C20H20N2O4S/c1-27(25,26)19-9-7-15(8-10-19)20-14-16(13-18(24)11-12-23)21-22(20)17-5-3-2-4-6-17/h2-10,14,23H,11-13H2,1H3. The van der Waals surface area contributed by atoms with Crippen molar-refractivity contribution in [3.63, 3.8) is 0 Å². The summed E-state index contributed by atoms with van der Waals surface area (Å²) in [5, 5.41) is 13.5. The first-order valence-electron chi connectivity index (χ1n) is 8.46. The topological polar surface area (TPSA) is 89.3 Å². The molecule has 0 unspecified atom stereocenters. The molecule has 1 N–H and O–H groups in total. The zero-order valence-electron chi connectivity index (χ0n) is 14.9. The van der Waals surface area contributed by atoms with Crippen molar-refractivity contribution >= 4 is 15.6 Å². The Kier molecular flexibility index (Phi) is 5.53. The average Bonchev–Trinajstić information content (AvgIpc) is 3.06. The summed E-state index contributed by atoms with van der Waals surface area (Å²) in [6.45, 7) is -0.183. The van der Waals surface area contributed by atoms with Gasteiger partial charge >= 0.3 is 0 Å². The molecule has 0 atom stereocenters. The van der Waals surface area contributed by atoms with Crippen molar-refractivity contribution in [3.8, 4) is 16.9 Å². The van der Waals surface area contributed by atoms with Gasteiger partial charge in [0.25, 0.3) is 0 Å². The Labute approximate surface area is 158 Å². The summed E-state index contributed by atoms with van der Waals surface area (Å²) in [6, 6.07) is 17.9. The summed E-state index contributed by atoms with van der Waals surface area (Å²) >= 11 is 0. The molecule has 27 heavy (non-hydrogen) atoms. The van der Waals surface area contributed by atoms with Crippen LogP contribution in [0.25, 0.3) is 16.9 Å². The van der Waals surface area contributed by atoms with Gasteiger partial charge in [-0.2, -0.15) is 5.10 Å². The zero-order chi connectivity index (χ0) is 19.4. The summed E-state index contributed by atoms with van der Waals surface area (Å²) in [4.78, 5) is 12.1. The first-order valence-corrected chi connectivity index (χ1v) is 10.3. The van der Waals surface area contributed by atoms with Gasteiger partial charge in [-0.1, -0.05) is 30.3 Å².